The number of nitrogens with zero attached hydrogens (tertiary/aromatic N) is 3. The Balaban J connectivity index is 0.00000176. The Kier molecular flexibility index (Phi) is 5.97. The second-order valence-electron chi connectivity index (χ2n) is 5.87. The highest BCUT2D eigenvalue weighted by Gasteiger charge is 2.28. The van der Waals surface area contributed by atoms with E-state index in [-0.39, 0.29) is 30.3 Å². The first-order valence-corrected chi connectivity index (χ1v) is 7.83. The van der Waals surface area contributed by atoms with Crippen LogP contribution in [0.4, 0.5) is 5.82 Å². The zero-order valence-electron chi connectivity index (χ0n) is 12.9. The van der Waals surface area contributed by atoms with Gasteiger partial charge in [-0.1, -0.05) is 6.92 Å². The minimum absolute atomic E-state index is 0. The van der Waals surface area contributed by atoms with Crippen LogP contribution in [0.5, 0.6) is 0 Å². The molecule has 0 bridgehead atoms. The van der Waals surface area contributed by atoms with Crippen LogP contribution in [0.3, 0.4) is 0 Å². The van der Waals surface area contributed by atoms with Gasteiger partial charge in [0.2, 0.25) is 5.91 Å². The number of hydrogen-bond donors (Lipinski definition) is 2. The molecule has 7 heteroatoms. The number of aromatic nitrogens is 2. The average molecular weight is 326 g/mol. The van der Waals surface area contributed by atoms with Crippen molar-refractivity contribution in [3.63, 3.8) is 0 Å². The Morgan fingerprint density at radius 1 is 1.45 bits per heavy atom. The lowest BCUT2D eigenvalue weighted by Gasteiger charge is -2.35. The molecule has 0 aliphatic carbocycles. The Bertz CT molecular complexity index is 508. The van der Waals surface area contributed by atoms with Crippen LogP contribution in [0.15, 0.2) is 12.4 Å². The van der Waals surface area contributed by atoms with Crippen LogP contribution in [0, 0.1) is 5.92 Å². The second-order valence-corrected chi connectivity index (χ2v) is 5.87. The zero-order valence-corrected chi connectivity index (χ0v) is 13.7. The summed E-state index contributed by atoms with van der Waals surface area (Å²) >= 11 is 0. The van der Waals surface area contributed by atoms with Crippen LogP contribution >= 0.6 is 12.4 Å². The maximum atomic E-state index is 12.0. The largest absolute Gasteiger partial charge is 0.354 e. The summed E-state index contributed by atoms with van der Waals surface area (Å²) in [6, 6.07) is 2.28. The average Bonchev–Trinajstić information content (AvgIpc) is 2.45. The van der Waals surface area contributed by atoms with Crippen LogP contribution in [0.1, 0.15) is 25.5 Å². The lowest BCUT2D eigenvalue weighted by atomic mass is 10.00. The molecule has 0 aromatic carbocycles. The number of aryl methyl sites for hydroxylation is 1. The first-order chi connectivity index (χ1) is 10.3. The molecule has 0 saturated carbocycles. The summed E-state index contributed by atoms with van der Waals surface area (Å²) in [4.78, 5) is 22.9. The first-order valence-electron chi connectivity index (χ1n) is 7.83. The van der Waals surface area contributed by atoms with Crippen LogP contribution in [-0.2, 0) is 11.2 Å². The minimum Gasteiger partial charge on any atom is -0.354 e. The molecular weight excluding hydrogens is 302 g/mol. The van der Waals surface area contributed by atoms with Crippen LogP contribution in [0.25, 0.3) is 0 Å². The van der Waals surface area contributed by atoms with Gasteiger partial charge >= 0.3 is 0 Å². The Labute approximate surface area is 137 Å². The molecule has 2 aliphatic rings. The van der Waals surface area contributed by atoms with E-state index in [1.165, 1.54) is 0 Å². The summed E-state index contributed by atoms with van der Waals surface area (Å²) in [6.45, 7) is 5.56. The van der Waals surface area contributed by atoms with Crippen molar-refractivity contribution in [3.8, 4) is 0 Å². The van der Waals surface area contributed by atoms with Crippen molar-refractivity contribution in [1.82, 2.24) is 20.6 Å². The standard InChI is InChI=1S/C15H23N5O.ClH/c1-2-12-6-14(18-10-17-12)20-5-3-4-13(9-20)19-15(21)11-7-16-8-11;/h6,10-11,13,16H,2-5,7-9H2,1H3,(H,19,21);1H. The molecule has 0 radical (unpaired) electrons. The van der Waals surface area contributed by atoms with Gasteiger partial charge in [-0.15, -0.1) is 12.4 Å². The molecule has 1 aromatic heterocycles. The number of nitrogens with one attached hydrogen (secondary N) is 2. The van der Waals surface area contributed by atoms with Crippen molar-refractivity contribution in [3.05, 3.63) is 18.1 Å². The van der Waals surface area contributed by atoms with E-state index < -0.39 is 0 Å². The van der Waals surface area contributed by atoms with Gasteiger partial charge in [-0.3, -0.25) is 4.79 Å². The molecule has 2 N–H and O–H groups in total. The molecule has 6 nitrogen and oxygen atoms in total. The summed E-state index contributed by atoms with van der Waals surface area (Å²) in [5, 5.41) is 6.32. The van der Waals surface area contributed by atoms with Gasteiger partial charge in [0.25, 0.3) is 0 Å². The number of carbonyl (C=O) groups excluding carboxylic acids is 1. The fraction of sp³-hybridized carbons (Fsp3) is 0.667. The van der Waals surface area contributed by atoms with E-state index in [0.29, 0.717) is 0 Å². The molecule has 22 heavy (non-hydrogen) atoms. The number of carbonyl (C=O) groups is 1. The molecule has 3 heterocycles. The molecule has 0 spiro atoms. The van der Waals surface area contributed by atoms with Gasteiger partial charge < -0.3 is 15.5 Å². The molecule has 2 aliphatic heterocycles. The molecule has 2 fully saturated rings. The van der Waals surface area contributed by atoms with Gasteiger partial charge in [0.15, 0.2) is 0 Å². The summed E-state index contributed by atoms with van der Waals surface area (Å²) in [5.41, 5.74) is 1.06. The van der Waals surface area contributed by atoms with Crippen LogP contribution in [-0.4, -0.2) is 48.1 Å². The van der Waals surface area contributed by atoms with Crippen molar-refractivity contribution in [2.24, 2.45) is 5.92 Å². The summed E-state index contributed by atoms with van der Waals surface area (Å²) < 4.78 is 0. The highest BCUT2D eigenvalue weighted by Crippen LogP contribution is 2.18. The topological polar surface area (TPSA) is 70.2 Å². The number of halogens is 1. The Morgan fingerprint density at radius 3 is 2.95 bits per heavy atom. The quantitative estimate of drug-likeness (QED) is 0.855. The van der Waals surface area contributed by atoms with Crippen LogP contribution in [0.2, 0.25) is 0 Å². The zero-order chi connectivity index (χ0) is 14.7. The fourth-order valence-corrected chi connectivity index (χ4v) is 2.85. The molecule has 122 valence electrons. The van der Waals surface area contributed by atoms with Gasteiger partial charge in [0, 0.05) is 44.0 Å². The molecule has 1 aromatic rings. The van der Waals surface area contributed by atoms with Gasteiger partial charge in [-0.25, -0.2) is 9.97 Å². The second kappa shape index (κ2) is 7.74. The number of rotatable bonds is 4. The SMILES string of the molecule is CCc1cc(N2CCCC(NC(=O)C3CNC3)C2)ncn1.Cl. The van der Waals surface area contributed by atoms with E-state index in [1.54, 1.807) is 6.33 Å². The predicted molar refractivity (Wildman–Crippen MR) is 88.4 cm³/mol. The van der Waals surface area contributed by atoms with E-state index in [0.717, 1.165) is 57.0 Å². The highest BCUT2D eigenvalue weighted by atomic mass is 35.5. The van der Waals surface area contributed by atoms with Crippen molar-refractivity contribution in [2.75, 3.05) is 31.1 Å². The molecule has 3 rings (SSSR count). The molecule has 1 unspecified atom stereocenters. The maximum absolute atomic E-state index is 12.0. The van der Waals surface area contributed by atoms with E-state index in [4.69, 9.17) is 0 Å². The van der Waals surface area contributed by atoms with Crippen molar-refractivity contribution >= 4 is 24.1 Å². The number of amides is 1. The van der Waals surface area contributed by atoms with Gasteiger partial charge in [-0.2, -0.15) is 0 Å². The Hall–Kier alpha value is -1.40. The van der Waals surface area contributed by atoms with E-state index in [9.17, 15) is 4.79 Å². The normalized spacial score (nSPS) is 21.7. The van der Waals surface area contributed by atoms with Gasteiger partial charge in [-0.05, 0) is 19.3 Å². The van der Waals surface area contributed by atoms with Gasteiger partial charge in [0.1, 0.15) is 12.1 Å². The van der Waals surface area contributed by atoms with Crippen molar-refractivity contribution in [2.45, 2.75) is 32.2 Å². The fourth-order valence-electron chi connectivity index (χ4n) is 2.85. The van der Waals surface area contributed by atoms with Crippen LogP contribution < -0.4 is 15.5 Å². The monoisotopic (exact) mass is 325 g/mol. The Morgan fingerprint density at radius 2 is 2.27 bits per heavy atom. The van der Waals surface area contributed by atoms with Crippen molar-refractivity contribution < 1.29 is 4.79 Å². The number of hydrogen-bond acceptors (Lipinski definition) is 5. The lowest BCUT2D eigenvalue weighted by Crippen LogP contribution is -2.55. The minimum atomic E-state index is 0. The van der Waals surface area contributed by atoms with E-state index in [1.807, 2.05) is 0 Å². The van der Waals surface area contributed by atoms with E-state index in [2.05, 4.69) is 38.5 Å². The summed E-state index contributed by atoms with van der Waals surface area (Å²) in [6.07, 6.45) is 4.68. The number of piperidine rings is 1. The third-order valence-corrected chi connectivity index (χ3v) is 4.32. The first kappa shape index (κ1) is 17.0. The molecular formula is C15H24ClN5O. The third-order valence-electron chi connectivity index (χ3n) is 4.32. The third kappa shape index (κ3) is 3.87. The summed E-state index contributed by atoms with van der Waals surface area (Å²) in [5.74, 6) is 1.33. The number of anilines is 1. The summed E-state index contributed by atoms with van der Waals surface area (Å²) in [7, 11) is 0. The lowest BCUT2D eigenvalue weighted by molar-refractivity contribution is -0.127. The predicted octanol–water partition coefficient (Wildman–Crippen LogP) is 0.765. The van der Waals surface area contributed by atoms with E-state index >= 15 is 0 Å². The van der Waals surface area contributed by atoms with Crippen molar-refractivity contribution in [1.29, 1.82) is 0 Å². The van der Waals surface area contributed by atoms with Gasteiger partial charge in [0.05, 0.1) is 5.92 Å². The highest BCUT2D eigenvalue weighted by molar-refractivity contribution is 5.85. The molecule has 1 atom stereocenters. The molecule has 2 saturated heterocycles. The molecule has 1 amide bonds. The smallest absolute Gasteiger partial charge is 0.225 e. The maximum Gasteiger partial charge on any atom is 0.225 e.